The summed E-state index contributed by atoms with van der Waals surface area (Å²) in [7, 11) is 2.25. The second kappa shape index (κ2) is 5.48. The van der Waals surface area contributed by atoms with Crippen molar-refractivity contribution in [3.05, 3.63) is 0 Å². The van der Waals surface area contributed by atoms with Crippen molar-refractivity contribution < 1.29 is 0 Å². The van der Waals surface area contributed by atoms with Crippen molar-refractivity contribution >= 4 is 0 Å². The van der Waals surface area contributed by atoms with Gasteiger partial charge >= 0.3 is 0 Å². The molecule has 0 aromatic carbocycles. The molecule has 0 saturated carbocycles. The van der Waals surface area contributed by atoms with Crippen molar-refractivity contribution in [2.45, 2.75) is 38.8 Å². The lowest BCUT2D eigenvalue weighted by atomic mass is 9.91. The third kappa shape index (κ3) is 2.76. The Kier molecular flexibility index (Phi) is 4.22. The van der Waals surface area contributed by atoms with Gasteiger partial charge in [0.05, 0.1) is 0 Å². The number of hydrogen-bond acceptors (Lipinski definition) is 3. The van der Waals surface area contributed by atoms with E-state index >= 15 is 0 Å². The summed E-state index contributed by atoms with van der Waals surface area (Å²) >= 11 is 0. The number of nitrogens with one attached hydrogen (secondary N) is 1. The molecule has 0 aromatic heterocycles. The zero-order chi connectivity index (χ0) is 11.5. The molecule has 3 atom stereocenters. The van der Waals surface area contributed by atoms with Gasteiger partial charge in [-0.3, -0.25) is 4.90 Å². The first kappa shape index (κ1) is 12.3. The fourth-order valence-electron chi connectivity index (χ4n) is 3.31. The highest BCUT2D eigenvalue weighted by Gasteiger charge is 2.31. The molecular formula is C13H27N3. The first-order valence-electron chi connectivity index (χ1n) is 6.86. The Morgan fingerprint density at radius 2 is 2.06 bits per heavy atom. The predicted molar refractivity (Wildman–Crippen MR) is 68.7 cm³/mol. The van der Waals surface area contributed by atoms with Crippen LogP contribution in [0, 0.1) is 5.92 Å². The van der Waals surface area contributed by atoms with Gasteiger partial charge in [0, 0.05) is 38.3 Å². The van der Waals surface area contributed by atoms with Crippen LogP contribution < -0.4 is 5.32 Å². The molecule has 2 saturated heterocycles. The van der Waals surface area contributed by atoms with Crippen molar-refractivity contribution in [1.82, 2.24) is 15.1 Å². The van der Waals surface area contributed by atoms with E-state index in [4.69, 9.17) is 0 Å². The van der Waals surface area contributed by atoms with Gasteiger partial charge in [-0.25, -0.2) is 0 Å². The van der Waals surface area contributed by atoms with E-state index < -0.39 is 0 Å². The Bertz CT molecular complexity index is 219. The van der Waals surface area contributed by atoms with Gasteiger partial charge in [0.25, 0.3) is 0 Å². The third-order valence-corrected chi connectivity index (χ3v) is 4.31. The van der Waals surface area contributed by atoms with Crippen LogP contribution in [-0.2, 0) is 0 Å². The van der Waals surface area contributed by atoms with E-state index in [9.17, 15) is 0 Å². The third-order valence-electron chi connectivity index (χ3n) is 4.31. The quantitative estimate of drug-likeness (QED) is 0.757. The monoisotopic (exact) mass is 225 g/mol. The summed E-state index contributed by atoms with van der Waals surface area (Å²) in [5, 5.41) is 3.61. The summed E-state index contributed by atoms with van der Waals surface area (Å²) < 4.78 is 0. The molecule has 1 N–H and O–H groups in total. The number of hydrogen-bond donors (Lipinski definition) is 1. The van der Waals surface area contributed by atoms with Gasteiger partial charge in [0.15, 0.2) is 0 Å². The Hall–Kier alpha value is -0.120. The van der Waals surface area contributed by atoms with Crippen LogP contribution >= 0.6 is 0 Å². The number of nitrogens with zero attached hydrogens (tertiary/aromatic N) is 2. The molecule has 2 aliphatic heterocycles. The molecule has 2 fully saturated rings. The van der Waals surface area contributed by atoms with Gasteiger partial charge in [-0.15, -0.1) is 0 Å². The highest BCUT2D eigenvalue weighted by molar-refractivity contribution is 4.88. The summed E-state index contributed by atoms with van der Waals surface area (Å²) in [6.45, 7) is 10.9. The van der Waals surface area contributed by atoms with Crippen molar-refractivity contribution in [2.24, 2.45) is 5.92 Å². The van der Waals surface area contributed by atoms with Gasteiger partial charge in [0.2, 0.25) is 0 Å². The number of likely N-dealkylation sites (tertiary alicyclic amines) is 1. The lowest BCUT2D eigenvalue weighted by molar-refractivity contribution is 0.0536. The summed E-state index contributed by atoms with van der Waals surface area (Å²) in [5.74, 6) is 0.828. The molecule has 94 valence electrons. The second-order valence-corrected chi connectivity index (χ2v) is 5.65. The van der Waals surface area contributed by atoms with Gasteiger partial charge in [-0.1, -0.05) is 13.8 Å². The molecule has 0 amide bonds. The summed E-state index contributed by atoms with van der Waals surface area (Å²) in [6, 6.07) is 1.55. The highest BCUT2D eigenvalue weighted by atomic mass is 15.2. The molecule has 3 heteroatoms. The molecule has 0 bridgehead atoms. The zero-order valence-electron chi connectivity index (χ0n) is 11.1. The van der Waals surface area contributed by atoms with Crippen LogP contribution in [0.3, 0.4) is 0 Å². The first-order chi connectivity index (χ1) is 7.70. The van der Waals surface area contributed by atoms with Crippen LogP contribution in [0.5, 0.6) is 0 Å². The molecule has 0 radical (unpaired) electrons. The number of piperazine rings is 1. The van der Waals surface area contributed by atoms with Crippen molar-refractivity contribution in [3.8, 4) is 0 Å². The molecular weight excluding hydrogens is 198 g/mol. The lowest BCUT2D eigenvalue weighted by Crippen LogP contribution is -2.58. The van der Waals surface area contributed by atoms with Gasteiger partial charge in [0.1, 0.15) is 0 Å². The standard InChI is InChI=1S/C13H27N3/c1-4-12-10-16(8-6-14-12)13-5-7-15(3)9-11(13)2/h11-14H,4-10H2,1-3H3. The first-order valence-corrected chi connectivity index (χ1v) is 6.86. The van der Waals surface area contributed by atoms with Crippen molar-refractivity contribution in [2.75, 3.05) is 39.8 Å². The molecule has 0 aliphatic carbocycles. The maximum atomic E-state index is 3.61. The molecule has 16 heavy (non-hydrogen) atoms. The smallest absolute Gasteiger partial charge is 0.0193 e. The predicted octanol–water partition coefficient (Wildman–Crippen LogP) is 1.01. The molecule has 2 rings (SSSR count). The van der Waals surface area contributed by atoms with Crippen LogP contribution in [-0.4, -0.2) is 61.7 Å². The largest absolute Gasteiger partial charge is 0.311 e. The Balaban J connectivity index is 1.90. The van der Waals surface area contributed by atoms with E-state index in [1.807, 2.05) is 0 Å². The van der Waals surface area contributed by atoms with Gasteiger partial charge < -0.3 is 10.2 Å². The van der Waals surface area contributed by atoms with Crippen LogP contribution in [0.2, 0.25) is 0 Å². The summed E-state index contributed by atoms with van der Waals surface area (Å²) in [6.07, 6.45) is 2.62. The van der Waals surface area contributed by atoms with Gasteiger partial charge in [-0.05, 0) is 32.4 Å². The Morgan fingerprint density at radius 1 is 1.25 bits per heavy atom. The molecule has 3 nitrogen and oxygen atoms in total. The maximum Gasteiger partial charge on any atom is 0.0193 e. The average molecular weight is 225 g/mol. The minimum atomic E-state index is 0.723. The van der Waals surface area contributed by atoms with Crippen LogP contribution in [0.25, 0.3) is 0 Å². The second-order valence-electron chi connectivity index (χ2n) is 5.65. The minimum absolute atomic E-state index is 0.723. The van der Waals surface area contributed by atoms with E-state index in [0.717, 1.165) is 18.0 Å². The van der Waals surface area contributed by atoms with Crippen LogP contribution in [0.4, 0.5) is 0 Å². The molecule has 2 heterocycles. The fourth-order valence-corrected chi connectivity index (χ4v) is 3.31. The minimum Gasteiger partial charge on any atom is -0.311 e. The lowest BCUT2D eigenvalue weighted by Gasteiger charge is -2.45. The molecule has 2 aliphatic rings. The van der Waals surface area contributed by atoms with Gasteiger partial charge in [-0.2, -0.15) is 0 Å². The SMILES string of the molecule is CCC1CN(C2CCN(C)CC2C)CCN1. The highest BCUT2D eigenvalue weighted by Crippen LogP contribution is 2.22. The Labute approximate surface area is 100 Å². The maximum absolute atomic E-state index is 3.61. The van der Waals surface area contributed by atoms with Crippen molar-refractivity contribution in [3.63, 3.8) is 0 Å². The topological polar surface area (TPSA) is 18.5 Å². The van der Waals surface area contributed by atoms with Crippen molar-refractivity contribution in [1.29, 1.82) is 0 Å². The van der Waals surface area contributed by atoms with Crippen LogP contribution in [0.1, 0.15) is 26.7 Å². The zero-order valence-corrected chi connectivity index (χ0v) is 11.1. The summed E-state index contributed by atoms with van der Waals surface area (Å²) in [4.78, 5) is 5.21. The number of piperidine rings is 1. The van der Waals surface area contributed by atoms with Crippen LogP contribution in [0.15, 0.2) is 0 Å². The van der Waals surface area contributed by atoms with E-state index in [1.54, 1.807) is 0 Å². The van der Waals surface area contributed by atoms with E-state index in [1.165, 1.54) is 45.6 Å². The van der Waals surface area contributed by atoms with E-state index in [-0.39, 0.29) is 0 Å². The van der Waals surface area contributed by atoms with E-state index in [2.05, 4.69) is 36.0 Å². The van der Waals surface area contributed by atoms with E-state index in [0.29, 0.717) is 0 Å². The number of rotatable bonds is 2. The molecule has 3 unspecified atom stereocenters. The Morgan fingerprint density at radius 3 is 2.75 bits per heavy atom. The molecule has 0 aromatic rings. The fraction of sp³-hybridized carbons (Fsp3) is 1.00. The average Bonchev–Trinajstić information content (AvgIpc) is 2.29. The molecule has 0 spiro atoms. The normalized spacial score (nSPS) is 38.8. The summed E-state index contributed by atoms with van der Waals surface area (Å²) in [5.41, 5.74) is 0.